The molecule has 1 fully saturated rings. The summed E-state index contributed by atoms with van der Waals surface area (Å²) in [5.74, 6) is 0.448. The molecule has 1 aromatic rings. The second kappa shape index (κ2) is 5.14. The Balaban J connectivity index is 1.98. The molecule has 0 saturated heterocycles. The largest absolute Gasteiger partial charge is 0.325 e. The van der Waals surface area contributed by atoms with E-state index >= 15 is 0 Å². The number of carbonyl (C=O) groups excluding carboxylic acids is 1. The number of halogens is 2. The predicted octanol–water partition coefficient (Wildman–Crippen LogP) is 3.47. The third-order valence-corrected chi connectivity index (χ3v) is 4.60. The minimum absolute atomic E-state index is 0.0129. The first-order chi connectivity index (χ1) is 8.04. The van der Waals surface area contributed by atoms with Crippen molar-refractivity contribution >= 4 is 46.8 Å². The molecule has 1 saturated carbocycles. The Morgan fingerprint density at radius 1 is 1.53 bits per heavy atom. The zero-order valence-electron chi connectivity index (χ0n) is 9.17. The molecule has 0 aromatic heterocycles. The summed E-state index contributed by atoms with van der Waals surface area (Å²) in [6.07, 6.45) is 2.65. The quantitative estimate of drug-likeness (QED) is 0.621. The van der Waals surface area contributed by atoms with Gasteiger partial charge in [-0.25, -0.2) is 4.39 Å². The van der Waals surface area contributed by atoms with Crippen LogP contribution in [0.2, 0.25) is 0 Å². The fourth-order valence-corrected chi connectivity index (χ4v) is 2.73. The molecule has 2 nitrogen and oxygen atoms in total. The standard InChI is InChI=1S/C12H13FINOS/c13-8-1-2-10(9(14)5-8)15-11(16)6-12(7-17)3-4-12/h1-2,5,17H,3-4,6-7H2,(H,15,16). The number of anilines is 1. The van der Waals surface area contributed by atoms with Crippen LogP contribution in [0.5, 0.6) is 0 Å². The van der Waals surface area contributed by atoms with Gasteiger partial charge in [-0.05, 0) is 64.8 Å². The average molecular weight is 365 g/mol. The molecule has 0 bridgehead atoms. The van der Waals surface area contributed by atoms with Crippen molar-refractivity contribution in [3.63, 3.8) is 0 Å². The maximum Gasteiger partial charge on any atom is 0.224 e. The summed E-state index contributed by atoms with van der Waals surface area (Å²) in [5, 5.41) is 2.82. The zero-order chi connectivity index (χ0) is 12.5. The van der Waals surface area contributed by atoms with Crippen LogP contribution < -0.4 is 5.32 Å². The van der Waals surface area contributed by atoms with Crippen molar-refractivity contribution in [3.8, 4) is 0 Å². The van der Waals surface area contributed by atoms with E-state index in [-0.39, 0.29) is 17.1 Å². The number of benzene rings is 1. The van der Waals surface area contributed by atoms with Gasteiger partial charge in [-0.1, -0.05) is 0 Å². The van der Waals surface area contributed by atoms with Crippen LogP contribution in [-0.2, 0) is 4.79 Å². The molecule has 92 valence electrons. The van der Waals surface area contributed by atoms with Gasteiger partial charge in [0.2, 0.25) is 5.91 Å². The zero-order valence-corrected chi connectivity index (χ0v) is 12.2. The van der Waals surface area contributed by atoms with E-state index in [1.807, 2.05) is 22.6 Å². The average Bonchev–Trinajstić information content (AvgIpc) is 3.03. The van der Waals surface area contributed by atoms with Gasteiger partial charge in [-0.2, -0.15) is 12.6 Å². The summed E-state index contributed by atoms with van der Waals surface area (Å²) in [6.45, 7) is 0. The highest BCUT2D eigenvalue weighted by atomic mass is 127. The van der Waals surface area contributed by atoms with Crippen LogP contribution >= 0.6 is 35.2 Å². The van der Waals surface area contributed by atoms with Crippen molar-refractivity contribution < 1.29 is 9.18 Å². The van der Waals surface area contributed by atoms with Gasteiger partial charge >= 0.3 is 0 Å². The summed E-state index contributed by atoms with van der Waals surface area (Å²) in [4.78, 5) is 11.8. The molecule has 0 radical (unpaired) electrons. The molecule has 1 aromatic carbocycles. The fourth-order valence-electron chi connectivity index (χ4n) is 1.69. The van der Waals surface area contributed by atoms with Crippen LogP contribution in [0.3, 0.4) is 0 Å². The first-order valence-electron chi connectivity index (χ1n) is 5.40. The molecule has 0 atom stereocenters. The van der Waals surface area contributed by atoms with Crippen LogP contribution in [-0.4, -0.2) is 11.7 Å². The van der Waals surface area contributed by atoms with Gasteiger partial charge in [-0.15, -0.1) is 0 Å². The van der Waals surface area contributed by atoms with Crippen LogP contribution in [0.15, 0.2) is 18.2 Å². The van der Waals surface area contributed by atoms with Crippen molar-refractivity contribution in [1.82, 2.24) is 0 Å². The van der Waals surface area contributed by atoms with Crippen LogP contribution in [0.4, 0.5) is 10.1 Å². The Labute approximate surface area is 119 Å². The highest BCUT2D eigenvalue weighted by Crippen LogP contribution is 2.49. The molecule has 0 aliphatic heterocycles. The topological polar surface area (TPSA) is 29.1 Å². The first kappa shape index (κ1) is 13.1. The van der Waals surface area contributed by atoms with Crippen molar-refractivity contribution in [2.75, 3.05) is 11.1 Å². The summed E-state index contributed by atoms with van der Waals surface area (Å²) < 4.78 is 13.6. The highest BCUT2D eigenvalue weighted by molar-refractivity contribution is 14.1. The van der Waals surface area contributed by atoms with E-state index < -0.39 is 0 Å². The van der Waals surface area contributed by atoms with Gasteiger partial charge < -0.3 is 5.32 Å². The van der Waals surface area contributed by atoms with Crippen molar-refractivity contribution in [2.24, 2.45) is 5.41 Å². The molecule has 2 rings (SSSR count). The molecule has 1 N–H and O–H groups in total. The summed E-state index contributed by atoms with van der Waals surface area (Å²) in [5.41, 5.74) is 0.783. The van der Waals surface area contributed by atoms with E-state index in [0.717, 1.165) is 18.6 Å². The SMILES string of the molecule is O=C(CC1(CS)CC1)Nc1ccc(F)cc1I. The molecular formula is C12H13FINOS. The second-order valence-electron chi connectivity index (χ2n) is 4.51. The molecular weight excluding hydrogens is 352 g/mol. The molecule has 17 heavy (non-hydrogen) atoms. The first-order valence-corrected chi connectivity index (χ1v) is 7.12. The van der Waals surface area contributed by atoms with Gasteiger partial charge in [0.05, 0.1) is 5.69 Å². The van der Waals surface area contributed by atoms with Crippen LogP contribution in [0, 0.1) is 14.8 Å². The Morgan fingerprint density at radius 2 is 2.24 bits per heavy atom. The molecule has 1 aliphatic carbocycles. The van der Waals surface area contributed by atoms with Crippen molar-refractivity contribution in [1.29, 1.82) is 0 Å². The maximum atomic E-state index is 12.9. The molecule has 0 unspecified atom stereocenters. The Kier molecular flexibility index (Phi) is 3.97. The number of carbonyl (C=O) groups is 1. The molecule has 0 heterocycles. The van der Waals surface area contributed by atoms with E-state index in [1.54, 1.807) is 6.07 Å². The van der Waals surface area contributed by atoms with E-state index in [2.05, 4.69) is 17.9 Å². The van der Waals surface area contributed by atoms with Crippen LogP contribution in [0.1, 0.15) is 19.3 Å². The Hall–Kier alpha value is -0.300. The van der Waals surface area contributed by atoms with Gasteiger partial charge in [0, 0.05) is 9.99 Å². The minimum atomic E-state index is -0.290. The predicted molar refractivity (Wildman–Crippen MR) is 77.9 cm³/mol. The van der Waals surface area contributed by atoms with Gasteiger partial charge in [0.1, 0.15) is 5.82 Å². The highest BCUT2D eigenvalue weighted by Gasteiger charge is 2.42. The lowest BCUT2D eigenvalue weighted by Crippen LogP contribution is -2.18. The minimum Gasteiger partial charge on any atom is -0.325 e. The molecule has 1 aliphatic rings. The number of rotatable bonds is 4. The number of nitrogens with one attached hydrogen (secondary N) is 1. The smallest absolute Gasteiger partial charge is 0.224 e. The number of hydrogen-bond donors (Lipinski definition) is 2. The summed E-state index contributed by atoms with van der Waals surface area (Å²) in [6, 6.07) is 4.35. The normalized spacial score (nSPS) is 16.6. The summed E-state index contributed by atoms with van der Waals surface area (Å²) >= 11 is 6.28. The Bertz CT molecular complexity index is 448. The fraction of sp³-hybridized carbons (Fsp3) is 0.417. The van der Waals surface area contributed by atoms with Gasteiger partial charge in [0.25, 0.3) is 0 Å². The lowest BCUT2D eigenvalue weighted by Gasteiger charge is -2.12. The molecule has 0 spiro atoms. The van der Waals surface area contributed by atoms with E-state index in [4.69, 9.17) is 0 Å². The van der Waals surface area contributed by atoms with Gasteiger partial charge in [-0.3, -0.25) is 4.79 Å². The third-order valence-electron chi connectivity index (χ3n) is 3.03. The Morgan fingerprint density at radius 3 is 2.76 bits per heavy atom. The van der Waals surface area contributed by atoms with Crippen molar-refractivity contribution in [2.45, 2.75) is 19.3 Å². The summed E-state index contributed by atoms with van der Waals surface area (Å²) in [7, 11) is 0. The monoisotopic (exact) mass is 365 g/mol. The van der Waals surface area contributed by atoms with Gasteiger partial charge in [0.15, 0.2) is 0 Å². The van der Waals surface area contributed by atoms with Crippen LogP contribution in [0.25, 0.3) is 0 Å². The molecule has 5 heteroatoms. The van der Waals surface area contributed by atoms with E-state index in [0.29, 0.717) is 15.7 Å². The lowest BCUT2D eigenvalue weighted by molar-refractivity contribution is -0.117. The maximum absolute atomic E-state index is 12.9. The van der Waals surface area contributed by atoms with E-state index in [1.165, 1.54) is 12.1 Å². The number of thiol groups is 1. The van der Waals surface area contributed by atoms with Crippen molar-refractivity contribution in [3.05, 3.63) is 27.6 Å². The van der Waals surface area contributed by atoms with E-state index in [9.17, 15) is 9.18 Å². The third kappa shape index (κ3) is 3.34. The number of amides is 1. The lowest BCUT2D eigenvalue weighted by atomic mass is 10.1. The second-order valence-corrected chi connectivity index (χ2v) is 5.99. The molecule has 1 amide bonds. The number of hydrogen-bond acceptors (Lipinski definition) is 2.